The molecule has 1 aromatic heterocycles. The first kappa shape index (κ1) is 17.0. The number of aliphatic hydroxyl groups excluding tert-OH is 1. The van der Waals surface area contributed by atoms with Gasteiger partial charge in [0, 0.05) is 30.5 Å². The van der Waals surface area contributed by atoms with E-state index in [2.05, 4.69) is 17.2 Å². The molecule has 5 nitrogen and oxygen atoms in total. The van der Waals surface area contributed by atoms with E-state index in [9.17, 15) is 0 Å². The van der Waals surface area contributed by atoms with Crippen LogP contribution in [0.4, 0.5) is 11.4 Å². The van der Waals surface area contributed by atoms with Crippen molar-refractivity contribution in [1.82, 2.24) is 4.98 Å². The Bertz CT molecular complexity index is 795. The van der Waals surface area contributed by atoms with Crippen LogP contribution in [-0.2, 0) is 6.54 Å². The summed E-state index contributed by atoms with van der Waals surface area (Å²) in [5.41, 5.74) is 5.14. The molecule has 3 rings (SSSR count). The fourth-order valence-corrected chi connectivity index (χ4v) is 2.52. The summed E-state index contributed by atoms with van der Waals surface area (Å²) in [6.45, 7) is 3.42. The fraction of sp³-hybridized carbons (Fsp3) is 0.250. The molecule has 0 bridgehead atoms. The molecular formula is C20H23N3O2. The minimum absolute atomic E-state index is 0.145. The highest BCUT2D eigenvalue weighted by atomic mass is 16.3. The van der Waals surface area contributed by atoms with Crippen molar-refractivity contribution >= 4 is 11.4 Å². The molecule has 0 fully saturated rings. The van der Waals surface area contributed by atoms with Crippen LogP contribution in [0.1, 0.15) is 11.3 Å². The van der Waals surface area contributed by atoms with Crippen LogP contribution in [-0.4, -0.2) is 30.3 Å². The van der Waals surface area contributed by atoms with E-state index in [1.807, 2.05) is 60.5 Å². The summed E-state index contributed by atoms with van der Waals surface area (Å²) >= 11 is 0. The van der Waals surface area contributed by atoms with Gasteiger partial charge in [0.05, 0.1) is 18.8 Å². The number of aryl methyl sites for hydroxylation is 1. The van der Waals surface area contributed by atoms with Crippen molar-refractivity contribution in [3.8, 4) is 11.5 Å². The second-order valence-electron chi connectivity index (χ2n) is 6.06. The zero-order chi connectivity index (χ0) is 17.6. The molecule has 3 aromatic rings. The Hall–Kier alpha value is -2.79. The predicted octanol–water partition coefficient (Wildman–Crippen LogP) is 3.69. The van der Waals surface area contributed by atoms with Gasteiger partial charge in [0.1, 0.15) is 6.26 Å². The molecule has 25 heavy (non-hydrogen) atoms. The summed E-state index contributed by atoms with van der Waals surface area (Å²) in [6, 6.07) is 16.2. The number of oxazole rings is 1. The molecule has 0 aliphatic heterocycles. The summed E-state index contributed by atoms with van der Waals surface area (Å²) in [6.07, 6.45) is 1.69. The molecule has 0 saturated carbocycles. The molecule has 0 atom stereocenters. The summed E-state index contributed by atoms with van der Waals surface area (Å²) in [5, 5.41) is 12.3. The standard InChI is InChI=1S/C20H23N3O2/c1-15-3-5-16(6-4-15)20-22-18(14-25-20)13-21-17-7-9-19(10-8-17)23(2)11-12-24/h3-10,14,21,24H,11-13H2,1-2H3. The Morgan fingerprint density at radius 2 is 1.80 bits per heavy atom. The maximum absolute atomic E-state index is 8.99. The van der Waals surface area contributed by atoms with Crippen LogP contribution in [0.2, 0.25) is 0 Å². The highest BCUT2D eigenvalue weighted by Gasteiger charge is 2.07. The van der Waals surface area contributed by atoms with E-state index in [-0.39, 0.29) is 6.61 Å². The van der Waals surface area contributed by atoms with E-state index in [1.54, 1.807) is 6.26 Å². The van der Waals surface area contributed by atoms with Gasteiger partial charge in [-0.1, -0.05) is 17.7 Å². The second kappa shape index (κ2) is 7.85. The number of benzene rings is 2. The number of anilines is 2. The van der Waals surface area contributed by atoms with Crippen LogP contribution in [0.25, 0.3) is 11.5 Å². The summed E-state index contributed by atoms with van der Waals surface area (Å²) in [4.78, 5) is 6.54. The minimum atomic E-state index is 0.145. The van der Waals surface area contributed by atoms with Crippen LogP contribution in [0.5, 0.6) is 0 Å². The van der Waals surface area contributed by atoms with E-state index in [1.165, 1.54) is 5.56 Å². The number of hydrogen-bond acceptors (Lipinski definition) is 5. The zero-order valence-electron chi connectivity index (χ0n) is 14.6. The third-order valence-corrected chi connectivity index (χ3v) is 4.07. The number of aliphatic hydroxyl groups is 1. The molecule has 0 spiro atoms. The van der Waals surface area contributed by atoms with Crippen LogP contribution < -0.4 is 10.2 Å². The smallest absolute Gasteiger partial charge is 0.226 e. The third kappa shape index (κ3) is 4.39. The number of rotatable bonds is 7. The van der Waals surface area contributed by atoms with Gasteiger partial charge in [-0.2, -0.15) is 0 Å². The van der Waals surface area contributed by atoms with Crippen LogP contribution in [0, 0.1) is 6.92 Å². The summed E-state index contributed by atoms with van der Waals surface area (Å²) in [5.74, 6) is 0.637. The topological polar surface area (TPSA) is 61.5 Å². The number of hydrogen-bond donors (Lipinski definition) is 2. The molecule has 1 heterocycles. The Morgan fingerprint density at radius 3 is 2.48 bits per heavy atom. The normalized spacial score (nSPS) is 10.7. The lowest BCUT2D eigenvalue weighted by Gasteiger charge is -2.18. The van der Waals surface area contributed by atoms with E-state index in [4.69, 9.17) is 9.52 Å². The molecule has 0 saturated heterocycles. The molecule has 2 aromatic carbocycles. The number of aromatic nitrogens is 1. The Morgan fingerprint density at radius 1 is 1.08 bits per heavy atom. The first-order chi connectivity index (χ1) is 12.2. The van der Waals surface area contributed by atoms with Gasteiger partial charge in [0.2, 0.25) is 5.89 Å². The fourth-order valence-electron chi connectivity index (χ4n) is 2.52. The van der Waals surface area contributed by atoms with E-state index in [0.717, 1.165) is 22.6 Å². The van der Waals surface area contributed by atoms with Gasteiger partial charge in [0.25, 0.3) is 0 Å². The lowest BCUT2D eigenvalue weighted by molar-refractivity contribution is 0.304. The maximum Gasteiger partial charge on any atom is 0.226 e. The second-order valence-corrected chi connectivity index (χ2v) is 6.06. The van der Waals surface area contributed by atoms with Crippen LogP contribution in [0.15, 0.2) is 59.2 Å². The zero-order valence-corrected chi connectivity index (χ0v) is 14.6. The van der Waals surface area contributed by atoms with Crippen molar-refractivity contribution in [3.05, 3.63) is 66.1 Å². The van der Waals surface area contributed by atoms with Crippen molar-refractivity contribution in [2.45, 2.75) is 13.5 Å². The lowest BCUT2D eigenvalue weighted by atomic mass is 10.1. The Labute approximate surface area is 147 Å². The van der Waals surface area contributed by atoms with Crippen molar-refractivity contribution in [3.63, 3.8) is 0 Å². The SMILES string of the molecule is Cc1ccc(-c2nc(CNc3ccc(N(C)CCO)cc3)co2)cc1. The van der Waals surface area contributed by atoms with Gasteiger partial charge in [-0.15, -0.1) is 0 Å². The molecule has 5 heteroatoms. The maximum atomic E-state index is 8.99. The molecule has 130 valence electrons. The van der Waals surface area contributed by atoms with Gasteiger partial charge in [-0.3, -0.25) is 0 Å². The van der Waals surface area contributed by atoms with Crippen molar-refractivity contribution in [1.29, 1.82) is 0 Å². The van der Waals surface area contributed by atoms with E-state index in [0.29, 0.717) is 19.0 Å². The quantitative estimate of drug-likeness (QED) is 0.688. The minimum Gasteiger partial charge on any atom is -0.444 e. The average molecular weight is 337 g/mol. The largest absolute Gasteiger partial charge is 0.444 e. The number of nitrogens with zero attached hydrogens (tertiary/aromatic N) is 2. The lowest BCUT2D eigenvalue weighted by Crippen LogP contribution is -2.20. The Kier molecular flexibility index (Phi) is 5.36. The van der Waals surface area contributed by atoms with Gasteiger partial charge in [-0.05, 0) is 43.3 Å². The molecule has 0 aliphatic carbocycles. The van der Waals surface area contributed by atoms with Crippen LogP contribution >= 0.6 is 0 Å². The third-order valence-electron chi connectivity index (χ3n) is 4.07. The van der Waals surface area contributed by atoms with E-state index >= 15 is 0 Å². The van der Waals surface area contributed by atoms with Crippen molar-refractivity contribution in [2.75, 3.05) is 30.4 Å². The summed E-state index contributed by atoms with van der Waals surface area (Å²) in [7, 11) is 1.96. The van der Waals surface area contributed by atoms with Crippen LogP contribution in [0.3, 0.4) is 0 Å². The van der Waals surface area contributed by atoms with E-state index < -0.39 is 0 Å². The first-order valence-corrected chi connectivity index (χ1v) is 8.33. The monoisotopic (exact) mass is 337 g/mol. The summed E-state index contributed by atoms with van der Waals surface area (Å²) < 4.78 is 5.58. The first-order valence-electron chi connectivity index (χ1n) is 8.33. The molecule has 0 radical (unpaired) electrons. The highest BCUT2D eigenvalue weighted by Crippen LogP contribution is 2.20. The molecular weight excluding hydrogens is 314 g/mol. The number of likely N-dealkylation sites (N-methyl/N-ethyl adjacent to an activating group) is 1. The van der Waals surface area contributed by atoms with Gasteiger partial charge in [0.15, 0.2) is 0 Å². The highest BCUT2D eigenvalue weighted by molar-refractivity contribution is 5.55. The Balaban J connectivity index is 1.59. The molecule has 0 aliphatic rings. The average Bonchev–Trinajstić information content (AvgIpc) is 3.10. The number of nitrogens with one attached hydrogen (secondary N) is 1. The van der Waals surface area contributed by atoms with Crippen molar-refractivity contribution < 1.29 is 9.52 Å². The molecule has 0 unspecified atom stereocenters. The van der Waals surface area contributed by atoms with Crippen molar-refractivity contribution in [2.24, 2.45) is 0 Å². The van der Waals surface area contributed by atoms with Gasteiger partial charge >= 0.3 is 0 Å². The van der Waals surface area contributed by atoms with Gasteiger partial charge < -0.3 is 19.7 Å². The van der Waals surface area contributed by atoms with Gasteiger partial charge in [-0.25, -0.2) is 4.98 Å². The predicted molar refractivity (Wildman–Crippen MR) is 101 cm³/mol. The molecule has 2 N–H and O–H groups in total. The molecule has 0 amide bonds.